The van der Waals surface area contributed by atoms with Crippen LogP contribution in [0.25, 0.3) is 0 Å². The summed E-state index contributed by atoms with van der Waals surface area (Å²) in [5.41, 5.74) is 1.26. The van der Waals surface area contributed by atoms with Crippen molar-refractivity contribution < 1.29 is 19.1 Å². The van der Waals surface area contributed by atoms with E-state index in [0.717, 1.165) is 11.8 Å². The van der Waals surface area contributed by atoms with Gasteiger partial charge in [-0.3, -0.25) is 9.59 Å². The molecule has 1 rings (SSSR count). The highest BCUT2D eigenvalue weighted by Crippen LogP contribution is 2.23. The van der Waals surface area contributed by atoms with Crippen LogP contribution in [0.3, 0.4) is 0 Å². The standard InChI is InChI=1S/C14H19NO4/c1-10-5-4-6-12(9-16)13(10)19-11(2)14(17)15-7-8-18-3/h4-6,9,11H,7-8H2,1-3H3,(H,15,17). The maximum Gasteiger partial charge on any atom is 0.260 e. The maximum atomic E-state index is 11.8. The van der Waals surface area contributed by atoms with Gasteiger partial charge in [0.25, 0.3) is 5.91 Å². The van der Waals surface area contributed by atoms with Crippen molar-refractivity contribution in [2.75, 3.05) is 20.3 Å². The van der Waals surface area contributed by atoms with Crippen LogP contribution < -0.4 is 10.1 Å². The highest BCUT2D eigenvalue weighted by Gasteiger charge is 2.17. The lowest BCUT2D eigenvalue weighted by Crippen LogP contribution is -2.38. The Kier molecular flexibility index (Phi) is 6.02. The Bertz CT molecular complexity index is 445. The van der Waals surface area contributed by atoms with Crippen LogP contribution in [0.4, 0.5) is 0 Å². The third-order valence-electron chi connectivity index (χ3n) is 2.64. The van der Waals surface area contributed by atoms with Gasteiger partial charge in [0.1, 0.15) is 5.75 Å². The quantitative estimate of drug-likeness (QED) is 0.597. The van der Waals surface area contributed by atoms with Gasteiger partial charge in [-0.05, 0) is 25.5 Å². The predicted molar refractivity (Wildman–Crippen MR) is 71.5 cm³/mol. The first kappa shape index (κ1) is 15.2. The minimum Gasteiger partial charge on any atom is -0.480 e. The fourth-order valence-electron chi connectivity index (χ4n) is 1.58. The van der Waals surface area contributed by atoms with Crippen molar-refractivity contribution in [3.63, 3.8) is 0 Å². The molecular weight excluding hydrogens is 246 g/mol. The van der Waals surface area contributed by atoms with Crippen LogP contribution in [-0.4, -0.2) is 38.6 Å². The van der Waals surface area contributed by atoms with Gasteiger partial charge in [0.05, 0.1) is 12.2 Å². The van der Waals surface area contributed by atoms with E-state index in [-0.39, 0.29) is 5.91 Å². The fraction of sp³-hybridized carbons (Fsp3) is 0.429. The number of hydrogen-bond acceptors (Lipinski definition) is 4. The van der Waals surface area contributed by atoms with E-state index in [1.165, 1.54) is 0 Å². The van der Waals surface area contributed by atoms with E-state index in [4.69, 9.17) is 9.47 Å². The monoisotopic (exact) mass is 265 g/mol. The maximum absolute atomic E-state index is 11.8. The summed E-state index contributed by atoms with van der Waals surface area (Å²) in [4.78, 5) is 22.7. The lowest BCUT2D eigenvalue weighted by molar-refractivity contribution is -0.127. The van der Waals surface area contributed by atoms with Gasteiger partial charge in [-0.15, -0.1) is 0 Å². The molecule has 0 fully saturated rings. The van der Waals surface area contributed by atoms with E-state index < -0.39 is 6.10 Å². The van der Waals surface area contributed by atoms with Crippen molar-refractivity contribution in [1.29, 1.82) is 0 Å². The zero-order valence-electron chi connectivity index (χ0n) is 11.4. The molecule has 0 aliphatic rings. The number of rotatable bonds is 7. The van der Waals surface area contributed by atoms with Crippen LogP contribution in [0.1, 0.15) is 22.8 Å². The first-order chi connectivity index (χ1) is 9.10. The summed E-state index contributed by atoms with van der Waals surface area (Å²) in [5, 5.41) is 2.68. The van der Waals surface area contributed by atoms with Crippen molar-refractivity contribution in [2.45, 2.75) is 20.0 Å². The molecule has 1 amide bonds. The molecule has 1 unspecified atom stereocenters. The Hall–Kier alpha value is -1.88. The Morgan fingerprint density at radius 2 is 2.21 bits per heavy atom. The number of aldehydes is 1. The van der Waals surface area contributed by atoms with Crippen molar-refractivity contribution in [3.8, 4) is 5.75 Å². The molecule has 1 N–H and O–H groups in total. The Morgan fingerprint density at radius 3 is 2.84 bits per heavy atom. The summed E-state index contributed by atoms with van der Waals surface area (Å²) in [7, 11) is 1.57. The van der Waals surface area contributed by atoms with Gasteiger partial charge < -0.3 is 14.8 Å². The molecule has 1 atom stereocenters. The minimum atomic E-state index is -0.670. The molecule has 0 saturated heterocycles. The third-order valence-corrected chi connectivity index (χ3v) is 2.64. The average molecular weight is 265 g/mol. The number of aryl methyl sites for hydroxylation is 1. The molecule has 0 radical (unpaired) electrons. The largest absolute Gasteiger partial charge is 0.480 e. The zero-order valence-corrected chi connectivity index (χ0v) is 11.4. The van der Waals surface area contributed by atoms with Gasteiger partial charge in [0.2, 0.25) is 0 Å². The summed E-state index contributed by atoms with van der Waals surface area (Å²) in [6, 6.07) is 5.26. The van der Waals surface area contributed by atoms with E-state index in [2.05, 4.69) is 5.32 Å². The second-order valence-corrected chi connectivity index (χ2v) is 4.16. The molecule has 0 saturated carbocycles. The second kappa shape index (κ2) is 7.53. The lowest BCUT2D eigenvalue weighted by Gasteiger charge is -2.17. The first-order valence-electron chi connectivity index (χ1n) is 6.08. The summed E-state index contributed by atoms with van der Waals surface area (Å²) in [5.74, 6) is 0.212. The number of carbonyl (C=O) groups excluding carboxylic acids is 2. The van der Waals surface area contributed by atoms with Gasteiger partial charge >= 0.3 is 0 Å². The van der Waals surface area contributed by atoms with Crippen molar-refractivity contribution in [2.24, 2.45) is 0 Å². The van der Waals surface area contributed by atoms with Gasteiger partial charge in [-0.2, -0.15) is 0 Å². The van der Waals surface area contributed by atoms with Crippen molar-refractivity contribution in [3.05, 3.63) is 29.3 Å². The van der Waals surface area contributed by atoms with Crippen LogP contribution in [-0.2, 0) is 9.53 Å². The van der Waals surface area contributed by atoms with E-state index >= 15 is 0 Å². The van der Waals surface area contributed by atoms with Crippen LogP contribution in [0.5, 0.6) is 5.75 Å². The highest BCUT2D eigenvalue weighted by atomic mass is 16.5. The molecule has 104 valence electrons. The van der Waals surface area contributed by atoms with Gasteiger partial charge in [0, 0.05) is 13.7 Å². The first-order valence-corrected chi connectivity index (χ1v) is 6.08. The van der Waals surface area contributed by atoms with Crippen LogP contribution >= 0.6 is 0 Å². The van der Waals surface area contributed by atoms with Crippen molar-refractivity contribution in [1.82, 2.24) is 5.32 Å². The van der Waals surface area contributed by atoms with Crippen LogP contribution in [0, 0.1) is 6.92 Å². The fourth-order valence-corrected chi connectivity index (χ4v) is 1.58. The van der Waals surface area contributed by atoms with E-state index in [9.17, 15) is 9.59 Å². The smallest absolute Gasteiger partial charge is 0.260 e. The van der Waals surface area contributed by atoms with Crippen molar-refractivity contribution >= 4 is 12.2 Å². The highest BCUT2D eigenvalue weighted by molar-refractivity contribution is 5.83. The third kappa shape index (κ3) is 4.37. The van der Waals surface area contributed by atoms with Gasteiger partial charge in [0.15, 0.2) is 12.4 Å². The molecule has 5 nitrogen and oxygen atoms in total. The second-order valence-electron chi connectivity index (χ2n) is 4.16. The topological polar surface area (TPSA) is 64.6 Å². The summed E-state index contributed by atoms with van der Waals surface area (Å²) in [6.45, 7) is 4.35. The molecule has 1 aromatic carbocycles. The Balaban J connectivity index is 2.68. The van der Waals surface area contributed by atoms with E-state index in [0.29, 0.717) is 24.5 Å². The van der Waals surface area contributed by atoms with Gasteiger partial charge in [-0.25, -0.2) is 0 Å². The normalized spacial score (nSPS) is 11.7. The molecular formula is C14H19NO4. The molecule has 0 heterocycles. The molecule has 0 aliphatic heterocycles. The van der Waals surface area contributed by atoms with Gasteiger partial charge in [-0.1, -0.05) is 12.1 Å². The number of benzene rings is 1. The molecule has 19 heavy (non-hydrogen) atoms. The molecule has 5 heteroatoms. The van der Waals surface area contributed by atoms with E-state index in [1.807, 2.05) is 13.0 Å². The zero-order chi connectivity index (χ0) is 14.3. The summed E-state index contributed by atoms with van der Waals surface area (Å²) >= 11 is 0. The summed E-state index contributed by atoms with van der Waals surface area (Å²) < 4.78 is 10.4. The van der Waals surface area contributed by atoms with E-state index in [1.54, 1.807) is 26.2 Å². The number of ether oxygens (including phenoxy) is 2. The number of para-hydroxylation sites is 1. The lowest BCUT2D eigenvalue weighted by atomic mass is 10.1. The predicted octanol–water partition coefficient (Wildman–Crippen LogP) is 1.34. The molecule has 0 spiro atoms. The Morgan fingerprint density at radius 1 is 1.47 bits per heavy atom. The molecule has 0 aliphatic carbocycles. The number of amides is 1. The SMILES string of the molecule is COCCNC(=O)C(C)Oc1c(C)cccc1C=O. The molecule has 0 bridgehead atoms. The number of hydrogen-bond donors (Lipinski definition) is 1. The number of carbonyl (C=O) groups is 2. The Labute approximate surface area is 112 Å². The molecule has 0 aromatic heterocycles. The minimum absolute atomic E-state index is 0.239. The summed E-state index contributed by atoms with van der Waals surface area (Å²) in [6.07, 6.45) is 0.0504. The molecule has 1 aromatic rings. The number of methoxy groups -OCH3 is 1. The van der Waals surface area contributed by atoms with Crippen LogP contribution in [0.15, 0.2) is 18.2 Å². The van der Waals surface area contributed by atoms with Crippen LogP contribution in [0.2, 0.25) is 0 Å². The number of nitrogens with one attached hydrogen (secondary N) is 1. The average Bonchev–Trinajstić information content (AvgIpc) is 2.41.